The van der Waals surface area contributed by atoms with Crippen LogP contribution in [0.25, 0.3) is 0 Å². The minimum Gasteiger partial charge on any atom is -0.354 e. The highest BCUT2D eigenvalue weighted by atomic mass is 35.5. The van der Waals surface area contributed by atoms with Crippen molar-refractivity contribution in [2.45, 2.75) is 65.0 Å². The van der Waals surface area contributed by atoms with Gasteiger partial charge < -0.3 is 10.6 Å². The van der Waals surface area contributed by atoms with Gasteiger partial charge >= 0.3 is 0 Å². The Kier molecular flexibility index (Phi) is 7.63. The van der Waals surface area contributed by atoms with Crippen molar-refractivity contribution in [1.82, 2.24) is 15.5 Å². The molecule has 0 saturated carbocycles. The van der Waals surface area contributed by atoms with Gasteiger partial charge in [0.1, 0.15) is 0 Å². The average Bonchev–Trinajstić information content (AvgIpc) is 2.45. The minimum absolute atomic E-state index is 0. The molecule has 130 valence electrons. The predicted molar refractivity (Wildman–Crippen MR) is 94.5 cm³/mol. The zero-order valence-electron chi connectivity index (χ0n) is 14.7. The molecule has 2 saturated heterocycles. The second kappa shape index (κ2) is 8.51. The first-order chi connectivity index (χ1) is 9.88. The number of nitrogens with zero attached hydrogens (tertiary/aromatic N) is 1. The monoisotopic (exact) mass is 331 g/mol. The van der Waals surface area contributed by atoms with E-state index in [1.807, 2.05) is 0 Å². The Hall–Kier alpha value is -0.320. The summed E-state index contributed by atoms with van der Waals surface area (Å²) in [6.45, 7) is 13.1. The van der Waals surface area contributed by atoms with E-state index < -0.39 is 0 Å². The Bertz CT molecular complexity index is 362. The molecule has 2 heterocycles. The minimum atomic E-state index is 0. The van der Waals surface area contributed by atoms with Gasteiger partial charge in [-0.3, -0.25) is 9.69 Å². The van der Waals surface area contributed by atoms with Crippen LogP contribution in [0.4, 0.5) is 0 Å². The van der Waals surface area contributed by atoms with Gasteiger partial charge in [0.2, 0.25) is 5.91 Å². The number of carbonyl (C=O) groups is 1. The van der Waals surface area contributed by atoms with E-state index in [1.165, 1.54) is 12.8 Å². The molecule has 5 heteroatoms. The summed E-state index contributed by atoms with van der Waals surface area (Å²) >= 11 is 0. The van der Waals surface area contributed by atoms with Crippen molar-refractivity contribution in [1.29, 1.82) is 0 Å². The molecule has 0 aromatic rings. The van der Waals surface area contributed by atoms with E-state index >= 15 is 0 Å². The molecule has 2 rings (SSSR count). The van der Waals surface area contributed by atoms with Crippen LogP contribution in [0.3, 0.4) is 0 Å². The summed E-state index contributed by atoms with van der Waals surface area (Å²) in [6.07, 6.45) is 4.56. The first-order valence-electron chi connectivity index (χ1n) is 8.64. The quantitative estimate of drug-likeness (QED) is 0.831. The summed E-state index contributed by atoms with van der Waals surface area (Å²) in [5.74, 6) is 1.22. The number of nitrogens with one attached hydrogen (secondary N) is 2. The molecule has 2 aliphatic heterocycles. The van der Waals surface area contributed by atoms with Crippen LogP contribution >= 0.6 is 12.4 Å². The number of carbonyl (C=O) groups excluding carboxylic acids is 1. The van der Waals surface area contributed by atoms with Crippen LogP contribution in [0, 0.1) is 11.8 Å². The summed E-state index contributed by atoms with van der Waals surface area (Å²) in [5, 5.41) is 6.62. The fraction of sp³-hybridized carbons (Fsp3) is 0.941. The van der Waals surface area contributed by atoms with Gasteiger partial charge in [-0.25, -0.2) is 0 Å². The van der Waals surface area contributed by atoms with Crippen molar-refractivity contribution in [3.63, 3.8) is 0 Å². The van der Waals surface area contributed by atoms with Crippen LogP contribution < -0.4 is 10.6 Å². The summed E-state index contributed by atoms with van der Waals surface area (Å²) in [7, 11) is 0. The van der Waals surface area contributed by atoms with Gasteiger partial charge in [0.15, 0.2) is 0 Å². The van der Waals surface area contributed by atoms with E-state index in [0.29, 0.717) is 6.04 Å². The Labute approximate surface area is 142 Å². The van der Waals surface area contributed by atoms with Crippen molar-refractivity contribution in [2.75, 3.05) is 26.2 Å². The molecular weight excluding hydrogens is 298 g/mol. The highest BCUT2D eigenvalue weighted by molar-refractivity contribution is 5.85. The van der Waals surface area contributed by atoms with Crippen molar-refractivity contribution in [3.8, 4) is 0 Å². The van der Waals surface area contributed by atoms with Crippen molar-refractivity contribution < 1.29 is 4.79 Å². The summed E-state index contributed by atoms with van der Waals surface area (Å²) in [5.41, 5.74) is 0.0584. The molecule has 2 fully saturated rings. The maximum absolute atomic E-state index is 12.4. The molecule has 0 aromatic carbocycles. The highest BCUT2D eigenvalue weighted by Crippen LogP contribution is 2.23. The Balaban J connectivity index is 0.00000242. The molecular formula is C17H34ClN3O. The van der Waals surface area contributed by atoms with Crippen LogP contribution in [0.2, 0.25) is 0 Å². The summed E-state index contributed by atoms with van der Waals surface area (Å²) in [4.78, 5) is 14.9. The van der Waals surface area contributed by atoms with Gasteiger partial charge in [-0.15, -0.1) is 12.4 Å². The van der Waals surface area contributed by atoms with Crippen LogP contribution in [-0.2, 0) is 4.79 Å². The molecule has 0 spiro atoms. The zero-order chi connectivity index (χ0) is 15.5. The van der Waals surface area contributed by atoms with E-state index in [-0.39, 0.29) is 29.8 Å². The molecule has 4 nitrogen and oxygen atoms in total. The Morgan fingerprint density at radius 3 is 2.68 bits per heavy atom. The van der Waals surface area contributed by atoms with E-state index in [2.05, 4.69) is 43.2 Å². The van der Waals surface area contributed by atoms with Crippen molar-refractivity contribution in [3.05, 3.63) is 0 Å². The molecule has 3 atom stereocenters. The zero-order valence-corrected chi connectivity index (χ0v) is 15.5. The number of likely N-dealkylation sites (tertiary alicyclic amines) is 1. The molecule has 1 amide bonds. The Morgan fingerprint density at radius 1 is 1.32 bits per heavy atom. The molecule has 2 N–H and O–H groups in total. The fourth-order valence-electron chi connectivity index (χ4n) is 3.67. The molecule has 0 aromatic heterocycles. The number of rotatable bonds is 4. The van der Waals surface area contributed by atoms with Crippen LogP contribution in [0.1, 0.15) is 53.4 Å². The van der Waals surface area contributed by atoms with Gasteiger partial charge in [0, 0.05) is 30.6 Å². The highest BCUT2D eigenvalue weighted by Gasteiger charge is 2.32. The molecule has 22 heavy (non-hydrogen) atoms. The van der Waals surface area contributed by atoms with Gasteiger partial charge in [0.25, 0.3) is 0 Å². The normalized spacial score (nSPS) is 30.5. The van der Waals surface area contributed by atoms with Crippen LogP contribution in [0.15, 0.2) is 0 Å². The summed E-state index contributed by atoms with van der Waals surface area (Å²) < 4.78 is 0. The largest absolute Gasteiger partial charge is 0.354 e. The maximum Gasteiger partial charge on any atom is 0.223 e. The van der Waals surface area contributed by atoms with E-state index in [4.69, 9.17) is 0 Å². The third-order valence-corrected chi connectivity index (χ3v) is 5.20. The lowest BCUT2D eigenvalue weighted by Crippen LogP contribution is -2.55. The molecule has 0 aliphatic carbocycles. The average molecular weight is 332 g/mol. The predicted octanol–water partition coefficient (Wildman–Crippen LogP) is 2.42. The third kappa shape index (κ3) is 5.39. The number of amides is 1. The first-order valence-corrected chi connectivity index (χ1v) is 8.64. The molecule has 2 aliphatic rings. The number of hydrogen-bond donors (Lipinski definition) is 2. The van der Waals surface area contributed by atoms with Gasteiger partial charge in [0.05, 0.1) is 0 Å². The lowest BCUT2D eigenvalue weighted by molar-refractivity contribution is -0.126. The van der Waals surface area contributed by atoms with E-state index in [0.717, 1.165) is 44.9 Å². The van der Waals surface area contributed by atoms with Gasteiger partial charge in [-0.05, 0) is 65.5 Å². The lowest BCUT2D eigenvalue weighted by atomic mass is 9.91. The van der Waals surface area contributed by atoms with Crippen LogP contribution in [-0.4, -0.2) is 48.6 Å². The molecule has 0 bridgehead atoms. The smallest absolute Gasteiger partial charge is 0.223 e. The fourth-order valence-corrected chi connectivity index (χ4v) is 3.67. The third-order valence-electron chi connectivity index (χ3n) is 5.20. The van der Waals surface area contributed by atoms with Gasteiger partial charge in [-0.1, -0.05) is 6.92 Å². The second-order valence-electron chi connectivity index (χ2n) is 7.80. The first kappa shape index (κ1) is 19.7. The second-order valence-corrected chi connectivity index (χ2v) is 7.80. The number of halogens is 1. The van der Waals surface area contributed by atoms with E-state index in [1.54, 1.807) is 0 Å². The topological polar surface area (TPSA) is 44.4 Å². The maximum atomic E-state index is 12.4. The molecule has 1 unspecified atom stereocenters. The Morgan fingerprint density at radius 2 is 2.05 bits per heavy atom. The number of piperidine rings is 2. The van der Waals surface area contributed by atoms with E-state index in [9.17, 15) is 4.79 Å². The standard InChI is InChI=1S/C17H33N3O.ClH/c1-13-6-5-9-20(11-13)17(3,4)12-19-16(21)15-7-8-18-14(2)10-15;/h13-15,18H,5-12H2,1-4H3,(H,19,21);1H/t13?,14-,15-;/m0./s1. The SMILES string of the molecule is CC1CCCN(C(C)(C)CNC(=O)[C@H]2CCN[C@@H](C)C2)C1.Cl. The van der Waals surface area contributed by atoms with Crippen molar-refractivity contribution >= 4 is 18.3 Å². The van der Waals surface area contributed by atoms with Crippen LogP contribution in [0.5, 0.6) is 0 Å². The van der Waals surface area contributed by atoms with Crippen molar-refractivity contribution in [2.24, 2.45) is 11.8 Å². The lowest BCUT2D eigenvalue weighted by Gasteiger charge is -2.43. The number of hydrogen-bond acceptors (Lipinski definition) is 3. The summed E-state index contributed by atoms with van der Waals surface area (Å²) in [6, 6.07) is 0.463. The molecule has 0 radical (unpaired) electrons. The van der Waals surface area contributed by atoms with Gasteiger partial charge in [-0.2, -0.15) is 0 Å².